The molecule has 0 radical (unpaired) electrons. The van der Waals surface area contributed by atoms with Crippen LogP contribution in [0.4, 0.5) is 0 Å². The summed E-state index contributed by atoms with van der Waals surface area (Å²) in [6.45, 7) is 4.11. The van der Waals surface area contributed by atoms with Crippen LogP contribution in [-0.4, -0.2) is 33.6 Å². The van der Waals surface area contributed by atoms with Gasteiger partial charge in [0.05, 0.1) is 17.6 Å². The summed E-state index contributed by atoms with van der Waals surface area (Å²) < 4.78 is 8.19. The van der Waals surface area contributed by atoms with Crippen LogP contribution < -0.4 is 10.1 Å². The lowest BCUT2D eigenvalue weighted by atomic mass is 10.2. The fourth-order valence-electron chi connectivity index (χ4n) is 3.89. The Morgan fingerprint density at radius 1 is 1.06 bits per heavy atom. The third kappa shape index (κ3) is 6.14. The van der Waals surface area contributed by atoms with Crippen molar-refractivity contribution in [1.82, 2.24) is 19.9 Å². The van der Waals surface area contributed by atoms with Gasteiger partial charge in [-0.1, -0.05) is 23.7 Å². The lowest BCUT2D eigenvalue weighted by Gasteiger charge is -2.11. The zero-order valence-corrected chi connectivity index (χ0v) is 20.1. The molecule has 0 saturated carbocycles. The number of hydrogen-bond donors (Lipinski definition) is 1. The van der Waals surface area contributed by atoms with Gasteiger partial charge < -0.3 is 14.6 Å². The standard InChI is InChI=1S/C27H29ClN4O2/c1-20-19-22(10-11-23(20)28)34-18-5-4-17-32-25-8-3-2-7-24(25)31-26(32)9-6-14-30-27(33)21-12-15-29-16-13-21/h2-3,7-8,10-13,15-16,19H,4-6,9,14,17-18H2,1H3,(H,30,33). The summed E-state index contributed by atoms with van der Waals surface area (Å²) in [6.07, 6.45) is 6.79. The smallest absolute Gasteiger partial charge is 0.251 e. The number of amides is 1. The second-order valence-electron chi connectivity index (χ2n) is 8.23. The summed E-state index contributed by atoms with van der Waals surface area (Å²) >= 11 is 6.09. The predicted octanol–water partition coefficient (Wildman–Crippen LogP) is 5.61. The summed E-state index contributed by atoms with van der Waals surface area (Å²) in [7, 11) is 0. The van der Waals surface area contributed by atoms with Gasteiger partial charge in [-0.3, -0.25) is 9.78 Å². The minimum absolute atomic E-state index is 0.0771. The molecular weight excluding hydrogens is 448 g/mol. The topological polar surface area (TPSA) is 69.0 Å². The van der Waals surface area contributed by atoms with Gasteiger partial charge in [-0.2, -0.15) is 0 Å². The first-order valence-corrected chi connectivity index (χ1v) is 12.0. The molecular formula is C27H29ClN4O2. The fraction of sp³-hybridized carbons (Fsp3) is 0.296. The van der Waals surface area contributed by atoms with Gasteiger partial charge in [0.25, 0.3) is 5.91 Å². The Kier molecular flexibility index (Phi) is 8.15. The van der Waals surface area contributed by atoms with E-state index in [-0.39, 0.29) is 5.91 Å². The number of ether oxygens (including phenoxy) is 1. The van der Waals surface area contributed by atoms with E-state index < -0.39 is 0 Å². The molecule has 1 N–H and O–H groups in total. The second kappa shape index (κ2) is 11.7. The number of nitrogens with one attached hydrogen (secondary N) is 1. The van der Waals surface area contributed by atoms with Crippen LogP contribution in [0.25, 0.3) is 11.0 Å². The number of benzene rings is 2. The van der Waals surface area contributed by atoms with Gasteiger partial charge in [0, 0.05) is 42.5 Å². The van der Waals surface area contributed by atoms with E-state index in [0.717, 1.165) is 65.4 Å². The molecule has 0 bridgehead atoms. The molecule has 0 aliphatic carbocycles. The Bertz CT molecular complexity index is 1240. The van der Waals surface area contributed by atoms with Crippen molar-refractivity contribution in [2.75, 3.05) is 13.2 Å². The Balaban J connectivity index is 1.29. The molecule has 0 fully saturated rings. The van der Waals surface area contributed by atoms with Crippen molar-refractivity contribution in [3.05, 3.63) is 89.0 Å². The molecule has 2 aromatic carbocycles. The molecule has 34 heavy (non-hydrogen) atoms. The number of hydrogen-bond acceptors (Lipinski definition) is 4. The van der Waals surface area contributed by atoms with Gasteiger partial charge in [-0.25, -0.2) is 4.98 Å². The van der Waals surface area contributed by atoms with Gasteiger partial charge in [-0.15, -0.1) is 0 Å². The van der Waals surface area contributed by atoms with Gasteiger partial charge in [0.2, 0.25) is 0 Å². The van der Waals surface area contributed by atoms with Gasteiger partial charge in [0.15, 0.2) is 0 Å². The van der Waals surface area contributed by atoms with Crippen molar-refractivity contribution in [1.29, 1.82) is 0 Å². The molecule has 7 heteroatoms. The van der Waals surface area contributed by atoms with Crippen molar-refractivity contribution in [3.63, 3.8) is 0 Å². The lowest BCUT2D eigenvalue weighted by molar-refractivity contribution is 0.0953. The Hall–Kier alpha value is -3.38. The summed E-state index contributed by atoms with van der Waals surface area (Å²) in [5.41, 5.74) is 3.79. The van der Waals surface area contributed by atoms with Crippen molar-refractivity contribution in [3.8, 4) is 5.75 Å². The number of halogens is 1. The summed E-state index contributed by atoms with van der Waals surface area (Å²) in [5, 5.41) is 3.73. The number of aromatic nitrogens is 3. The van der Waals surface area contributed by atoms with Crippen LogP contribution in [0.15, 0.2) is 67.0 Å². The first kappa shape index (κ1) is 23.8. The highest BCUT2D eigenvalue weighted by Crippen LogP contribution is 2.22. The van der Waals surface area contributed by atoms with E-state index in [4.69, 9.17) is 21.3 Å². The van der Waals surface area contributed by atoms with Crippen LogP contribution in [0, 0.1) is 6.92 Å². The van der Waals surface area contributed by atoms with E-state index in [1.807, 2.05) is 43.3 Å². The lowest BCUT2D eigenvalue weighted by Crippen LogP contribution is -2.25. The Morgan fingerprint density at radius 3 is 2.71 bits per heavy atom. The van der Waals surface area contributed by atoms with E-state index in [1.54, 1.807) is 24.5 Å². The number of rotatable bonds is 11. The quantitative estimate of drug-likeness (QED) is 0.285. The van der Waals surface area contributed by atoms with E-state index >= 15 is 0 Å². The molecule has 2 heterocycles. The molecule has 0 aliphatic heterocycles. The maximum Gasteiger partial charge on any atom is 0.251 e. The van der Waals surface area contributed by atoms with Crippen LogP contribution in [0.1, 0.15) is 41.0 Å². The number of nitrogens with zero attached hydrogens (tertiary/aromatic N) is 3. The molecule has 4 aromatic rings. The minimum Gasteiger partial charge on any atom is -0.494 e. The van der Waals surface area contributed by atoms with Crippen LogP contribution in [0.5, 0.6) is 5.75 Å². The average molecular weight is 477 g/mol. The molecule has 0 aliphatic rings. The highest BCUT2D eigenvalue weighted by molar-refractivity contribution is 6.31. The SMILES string of the molecule is Cc1cc(OCCCCn2c(CCCNC(=O)c3ccncc3)nc3ccccc32)ccc1Cl. The van der Waals surface area contributed by atoms with E-state index in [2.05, 4.69) is 20.9 Å². The number of aryl methyl sites for hydroxylation is 3. The Labute approximate surface area is 204 Å². The Morgan fingerprint density at radius 2 is 1.88 bits per heavy atom. The monoisotopic (exact) mass is 476 g/mol. The maximum absolute atomic E-state index is 12.2. The number of unbranched alkanes of at least 4 members (excludes halogenated alkanes) is 1. The number of carbonyl (C=O) groups excluding carboxylic acids is 1. The molecule has 6 nitrogen and oxygen atoms in total. The number of fused-ring (bicyclic) bond motifs is 1. The largest absolute Gasteiger partial charge is 0.494 e. The summed E-state index contributed by atoms with van der Waals surface area (Å²) in [6, 6.07) is 17.4. The summed E-state index contributed by atoms with van der Waals surface area (Å²) in [5.74, 6) is 1.82. The van der Waals surface area contributed by atoms with Crippen molar-refractivity contribution >= 4 is 28.5 Å². The molecule has 0 atom stereocenters. The van der Waals surface area contributed by atoms with Crippen molar-refractivity contribution < 1.29 is 9.53 Å². The maximum atomic E-state index is 12.2. The van der Waals surface area contributed by atoms with E-state index in [0.29, 0.717) is 18.7 Å². The van der Waals surface area contributed by atoms with E-state index in [1.165, 1.54) is 0 Å². The predicted molar refractivity (Wildman–Crippen MR) is 136 cm³/mol. The third-order valence-electron chi connectivity index (χ3n) is 5.71. The van der Waals surface area contributed by atoms with Crippen LogP contribution >= 0.6 is 11.6 Å². The van der Waals surface area contributed by atoms with Crippen LogP contribution in [0.2, 0.25) is 5.02 Å². The van der Waals surface area contributed by atoms with Gasteiger partial charge in [-0.05, 0) is 74.2 Å². The molecule has 4 rings (SSSR count). The van der Waals surface area contributed by atoms with Gasteiger partial charge >= 0.3 is 0 Å². The zero-order valence-electron chi connectivity index (χ0n) is 19.3. The molecule has 1 amide bonds. The number of imidazole rings is 1. The highest BCUT2D eigenvalue weighted by Gasteiger charge is 2.11. The molecule has 2 aromatic heterocycles. The summed E-state index contributed by atoms with van der Waals surface area (Å²) in [4.78, 5) is 21.0. The fourth-order valence-corrected chi connectivity index (χ4v) is 4.01. The average Bonchev–Trinajstić information content (AvgIpc) is 3.21. The highest BCUT2D eigenvalue weighted by atomic mass is 35.5. The molecule has 0 unspecified atom stereocenters. The first-order valence-electron chi connectivity index (χ1n) is 11.6. The third-order valence-corrected chi connectivity index (χ3v) is 6.14. The second-order valence-corrected chi connectivity index (χ2v) is 8.64. The number of pyridine rings is 1. The molecule has 0 spiro atoms. The normalized spacial score (nSPS) is 11.0. The van der Waals surface area contributed by atoms with Gasteiger partial charge in [0.1, 0.15) is 11.6 Å². The van der Waals surface area contributed by atoms with Crippen LogP contribution in [0.3, 0.4) is 0 Å². The van der Waals surface area contributed by atoms with Crippen molar-refractivity contribution in [2.45, 2.75) is 39.2 Å². The van der Waals surface area contributed by atoms with Crippen molar-refractivity contribution in [2.24, 2.45) is 0 Å². The first-order chi connectivity index (χ1) is 16.6. The van der Waals surface area contributed by atoms with Crippen LogP contribution in [-0.2, 0) is 13.0 Å². The number of carbonyl (C=O) groups is 1. The number of para-hydroxylation sites is 2. The zero-order chi connectivity index (χ0) is 23.8. The van der Waals surface area contributed by atoms with E-state index in [9.17, 15) is 4.79 Å². The minimum atomic E-state index is -0.0771. The molecule has 0 saturated heterocycles. The molecule has 176 valence electrons.